The van der Waals surface area contributed by atoms with Crippen LogP contribution in [0.4, 0.5) is 10.1 Å². The van der Waals surface area contributed by atoms with Crippen LogP contribution in [0.2, 0.25) is 10.0 Å². The largest absolute Gasteiger partial charge is 0.506 e. The molecule has 0 aromatic heterocycles. The molecule has 10 nitrogen and oxygen atoms in total. The highest BCUT2D eigenvalue weighted by atomic mass is 35.5. The van der Waals surface area contributed by atoms with E-state index in [9.17, 15) is 29.0 Å². The van der Waals surface area contributed by atoms with E-state index in [-0.39, 0.29) is 34.3 Å². The minimum atomic E-state index is -1.24. The van der Waals surface area contributed by atoms with Crippen molar-refractivity contribution in [1.82, 2.24) is 16.0 Å². The van der Waals surface area contributed by atoms with E-state index in [0.717, 1.165) is 0 Å². The van der Waals surface area contributed by atoms with Crippen LogP contribution in [0.3, 0.4) is 0 Å². The maximum Gasteiger partial charge on any atom is 0.305 e. The Labute approximate surface area is 223 Å². The summed E-state index contributed by atoms with van der Waals surface area (Å²) in [6, 6.07) is 7.80. The quantitative estimate of drug-likeness (QED) is 0.291. The number of hydrogen-bond donors (Lipinski definition) is 6. The van der Waals surface area contributed by atoms with Crippen LogP contribution in [0.5, 0.6) is 5.75 Å². The van der Waals surface area contributed by atoms with Crippen LogP contribution < -0.4 is 21.3 Å². The Kier molecular flexibility index (Phi) is 11.4. The van der Waals surface area contributed by atoms with Gasteiger partial charge in [-0.2, -0.15) is 0 Å². The lowest BCUT2D eigenvalue weighted by atomic mass is 10.0. The second-order valence-corrected chi connectivity index (χ2v) is 8.44. The Balaban J connectivity index is 0.00000235. The van der Waals surface area contributed by atoms with Crippen molar-refractivity contribution in [1.29, 1.82) is 0 Å². The highest BCUT2D eigenvalue weighted by Crippen LogP contribution is 2.36. The third-order valence-electron chi connectivity index (χ3n) is 4.88. The molecule has 0 bridgehead atoms. The molecule has 13 heteroatoms. The number of aliphatic carboxylic acids is 1. The predicted octanol–water partition coefficient (Wildman–Crippen LogP) is 3.50. The van der Waals surface area contributed by atoms with Gasteiger partial charge in [-0.3, -0.25) is 14.4 Å². The van der Waals surface area contributed by atoms with Crippen LogP contribution in [0.25, 0.3) is 0 Å². The van der Waals surface area contributed by atoms with E-state index in [0.29, 0.717) is 11.6 Å². The van der Waals surface area contributed by atoms with E-state index < -0.39 is 48.7 Å². The zero-order valence-corrected chi connectivity index (χ0v) is 21.7. The first-order valence-electron chi connectivity index (χ1n) is 11.4. The van der Waals surface area contributed by atoms with Crippen molar-refractivity contribution < 1.29 is 29.0 Å². The summed E-state index contributed by atoms with van der Waals surface area (Å²) in [6.45, 7) is 3.70. The fraction of sp³-hybridized carbons (Fsp3) is 0.333. The maximum absolute atomic E-state index is 13.2. The number of aliphatic imine (C=N–C) groups is 1. The number of carboxylic acid groups (broad SMARTS) is 1. The third kappa shape index (κ3) is 9.10. The molecule has 1 aliphatic rings. The van der Waals surface area contributed by atoms with Crippen LogP contribution >= 0.6 is 23.2 Å². The molecule has 37 heavy (non-hydrogen) atoms. The van der Waals surface area contributed by atoms with Crippen LogP contribution in [-0.4, -0.2) is 59.8 Å². The van der Waals surface area contributed by atoms with Gasteiger partial charge in [0.05, 0.1) is 37.1 Å². The van der Waals surface area contributed by atoms with Gasteiger partial charge in [-0.25, -0.2) is 9.38 Å². The molecule has 2 atom stereocenters. The number of nitrogens with one attached hydrogen (secondary N) is 4. The lowest BCUT2D eigenvalue weighted by Crippen LogP contribution is -2.41. The number of amides is 2. The number of nitrogens with zero attached hydrogens (tertiary/aromatic N) is 1. The monoisotopic (exact) mass is 555 g/mol. The van der Waals surface area contributed by atoms with Gasteiger partial charge in [0.15, 0.2) is 5.96 Å². The normalized spacial score (nSPS) is 15.2. The first-order chi connectivity index (χ1) is 17.6. The van der Waals surface area contributed by atoms with Gasteiger partial charge >= 0.3 is 5.97 Å². The van der Waals surface area contributed by atoms with E-state index in [2.05, 4.69) is 26.3 Å². The lowest BCUT2D eigenvalue weighted by molar-refractivity contribution is -0.137. The van der Waals surface area contributed by atoms with Gasteiger partial charge < -0.3 is 31.5 Å². The zero-order valence-electron chi connectivity index (χ0n) is 20.1. The summed E-state index contributed by atoms with van der Waals surface area (Å²) in [4.78, 5) is 40.3. The van der Waals surface area contributed by atoms with Gasteiger partial charge in [-0.15, -0.1) is 0 Å². The second-order valence-electron chi connectivity index (χ2n) is 7.60. The van der Waals surface area contributed by atoms with E-state index >= 15 is 0 Å². The minimum Gasteiger partial charge on any atom is -0.506 e. The maximum atomic E-state index is 13.2. The number of halogens is 3. The van der Waals surface area contributed by atoms with Gasteiger partial charge in [0.1, 0.15) is 11.9 Å². The molecule has 2 aromatic carbocycles. The molecular weight excluding hydrogens is 528 g/mol. The number of alkyl halides is 1. The summed E-state index contributed by atoms with van der Waals surface area (Å²) in [5.74, 6) is -2.52. The van der Waals surface area contributed by atoms with E-state index in [1.165, 1.54) is 24.3 Å². The summed E-state index contributed by atoms with van der Waals surface area (Å²) in [6.07, 6.45) is -1.61. The van der Waals surface area contributed by atoms with E-state index in [1.54, 1.807) is 12.1 Å². The van der Waals surface area contributed by atoms with Crippen molar-refractivity contribution in [2.24, 2.45) is 4.99 Å². The summed E-state index contributed by atoms with van der Waals surface area (Å²) in [7, 11) is 0. The second kappa shape index (κ2) is 14.2. The smallest absolute Gasteiger partial charge is 0.305 e. The van der Waals surface area contributed by atoms with Crippen molar-refractivity contribution in [3.8, 4) is 5.75 Å². The number of aromatic hydroxyl groups is 1. The molecule has 0 saturated heterocycles. The first kappa shape index (κ1) is 29.7. The zero-order chi connectivity index (χ0) is 27.5. The Bertz CT molecular complexity index is 1160. The number of benzene rings is 2. The van der Waals surface area contributed by atoms with Crippen LogP contribution in [0.15, 0.2) is 41.4 Å². The standard InChI is InChI=1S/C22H22Cl2FN5O5.C2H6/c23-12-5-15(20(34)16(24)6-12)17(7-19(32)33)30-18(31)10-26-21(35)11-2-1-3-14(4-11)29-22-27-8-13(25)9-28-22;1-2/h1-6,13,17,34H,7-10H2,(H,26,35)(H,30,31)(H,32,33)(H2,27,28,29);1-2H3/t17-;/m1./s1. The molecule has 1 unspecified atom stereocenters. The summed E-state index contributed by atoms with van der Waals surface area (Å²) < 4.78 is 13.2. The number of guanidine groups is 1. The number of carbonyl (C=O) groups is 3. The topological polar surface area (TPSA) is 152 Å². The molecule has 0 fully saturated rings. The fourth-order valence-corrected chi connectivity index (χ4v) is 3.76. The predicted molar refractivity (Wildman–Crippen MR) is 140 cm³/mol. The Hall–Kier alpha value is -3.57. The molecule has 2 amide bonds. The van der Waals surface area contributed by atoms with Crippen LogP contribution in [0.1, 0.15) is 42.2 Å². The van der Waals surface area contributed by atoms with Gasteiger partial charge in [0.25, 0.3) is 5.91 Å². The van der Waals surface area contributed by atoms with Crippen molar-refractivity contribution in [2.45, 2.75) is 32.5 Å². The molecule has 0 spiro atoms. The molecule has 0 radical (unpaired) electrons. The number of carboxylic acids is 1. The Morgan fingerprint density at radius 1 is 1.22 bits per heavy atom. The highest BCUT2D eigenvalue weighted by Gasteiger charge is 2.23. The van der Waals surface area contributed by atoms with E-state index in [4.69, 9.17) is 23.2 Å². The average Bonchev–Trinajstić information content (AvgIpc) is 2.87. The summed E-state index contributed by atoms with van der Waals surface area (Å²) in [5.41, 5.74) is 0.797. The Morgan fingerprint density at radius 3 is 2.59 bits per heavy atom. The molecule has 1 aliphatic heterocycles. The Morgan fingerprint density at radius 2 is 1.95 bits per heavy atom. The van der Waals surface area contributed by atoms with Crippen molar-refractivity contribution >= 4 is 52.6 Å². The number of anilines is 1. The molecule has 6 N–H and O–H groups in total. The van der Waals surface area contributed by atoms with Gasteiger partial charge in [-0.05, 0) is 30.3 Å². The number of phenolic OH excluding ortho intramolecular Hbond substituents is 1. The lowest BCUT2D eigenvalue weighted by Gasteiger charge is -2.20. The van der Waals surface area contributed by atoms with Crippen molar-refractivity contribution in [3.63, 3.8) is 0 Å². The minimum absolute atomic E-state index is 0.0293. The number of carbonyl (C=O) groups excluding carboxylic acids is 2. The van der Waals surface area contributed by atoms with Crippen LogP contribution in [0, 0.1) is 0 Å². The van der Waals surface area contributed by atoms with E-state index in [1.807, 2.05) is 13.8 Å². The molecule has 2 aromatic rings. The molecule has 3 rings (SSSR count). The fourth-order valence-electron chi connectivity index (χ4n) is 3.25. The SMILES string of the molecule is CC.O=C(O)C[C@@H](NC(=O)CNC(=O)c1cccc(NC2=NCC(F)CN2)c1)c1cc(Cl)cc(Cl)c1O. The van der Waals surface area contributed by atoms with Gasteiger partial charge in [0.2, 0.25) is 5.91 Å². The third-order valence-corrected chi connectivity index (χ3v) is 5.39. The molecule has 1 heterocycles. The first-order valence-corrected chi connectivity index (χ1v) is 12.1. The molecular formula is C24H28Cl2FN5O5. The van der Waals surface area contributed by atoms with Crippen molar-refractivity contribution in [3.05, 3.63) is 57.6 Å². The van der Waals surface area contributed by atoms with Gasteiger partial charge in [0, 0.05) is 21.8 Å². The summed E-state index contributed by atoms with van der Waals surface area (Å²) >= 11 is 11.8. The highest BCUT2D eigenvalue weighted by molar-refractivity contribution is 6.35. The molecule has 200 valence electrons. The number of phenols is 1. The number of rotatable bonds is 8. The molecule has 0 aliphatic carbocycles. The number of hydrogen-bond acceptors (Lipinski definition) is 7. The van der Waals surface area contributed by atoms with Crippen LogP contribution in [-0.2, 0) is 9.59 Å². The van der Waals surface area contributed by atoms with Crippen molar-refractivity contribution in [2.75, 3.05) is 25.0 Å². The van der Waals surface area contributed by atoms with Gasteiger partial charge in [-0.1, -0.05) is 43.1 Å². The molecule has 0 saturated carbocycles. The average molecular weight is 556 g/mol. The summed E-state index contributed by atoms with van der Waals surface area (Å²) in [5, 5.41) is 30.1.